The van der Waals surface area contributed by atoms with Crippen molar-refractivity contribution in [3.63, 3.8) is 0 Å². The maximum atomic E-state index is 12.8. The molecule has 1 amide bonds. The van der Waals surface area contributed by atoms with E-state index < -0.39 is 17.6 Å². The molecule has 2 aromatic heterocycles. The zero-order valence-electron chi connectivity index (χ0n) is 14.4. The van der Waals surface area contributed by atoms with E-state index in [0.717, 1.165) is 24.1 Å². The number of pyridine rings is 1. The number of nitrogens with zero attached hydrogens (tertiary/aromatic N) is 2. The second kappa shape index (κ2) is 6.82. The standard InChI is InChI=1S/C19H18F3N3O/c1-3-4-15-17(25-10-9-12(2)11-16(25)24-15)18(26)23-14-7-5-13(6-8-14)19(20,21)22/h5-11H,3-4H2,1-2H3,(H,23,26). The van der Waals surface area contributed by atoms with Gasteiger partial charge in [-0.3, -0.25) is 9.20 Å². The van der Waals surface area contributed by atoms with Gasteiger partial charge >= 0.3 is 6.18 Å². The molecule has 0 unspecified atom stereocenters. The molecule has 0 spiro atoms. The van der Waals surface area contributed by atoms with Crippen LogP contribution in [0.25, 0.3) is 5.65 Å². The number of hydrogen-bond acceptors (Lipinski definition) is 2. The summed E-state index contributed by atoms with van der Waals surface area (Å²) < 4.78 is 39.7. The number of aromatic nitrogens is 2. The van der Waals surface area contributed by atoms with Crippen LogP contribution in [0.15, 0.2) is 42.6 Å². The minimum atomic E-state index is -4.41. The van der Waals surface area contributed by atoms with Gasteiger partial charge in [-0.25, -0.2) is 4.98 Å². The van der Waals surface area contributed by atoms with Crippen molar-refractivity contribution >= 4 is 17.2 Å². The van der Waals surface area contributed by atoms with E-state index in [2.05, 4.69) is 10.3 Å². The molecule has 0 fully saturated rings. The van der Waals surface area contributed by atoms with Gasteiger partial charge < -0.3 is 5.32 Å². The molecule has 0 bridgehead atoms. The minimum Gasteiger partial charge on any atom is -0.321 e. The monoisotopic (exact) mass is 361 g/mol. The molecule has 136 valence electrons. The fraction of sp³-hybridized carbons (Fsp3) is 0.263. The number of alkyl halides is 3. The summed E-state index contributed by atoms with van der Waals surface area (Å²) in [5.41, 5.74) is 2.32. The molecule has 1 N–H and O–H groups in total. The van der Waals surface area contributed by atoms with Gasteiger partial charge in [0.15, 0.2) is 0 Å². The van der Waals surface area contributed by atoms with Crippen molar-refractivity contribution in [3.05, 3.63) is 65.1 Å². The van der Waals surface area contributed by atoms with Crippen molar-refractivity contribution in [3.8, 4) is 0 Å². The first kappa shape index (κ1) is 18.0. The summed E-state index contributed by atoms with van der Waals surface area (Å²) in [5, 5.41) is 2.66. The lowest BCUT2D eigenvalue weighted by Crippen LogP contribution is -2.16. The Morgan fingerprint density at radius 2 is 1.88 bits per heavy atom. The Labute approximate surface area is 148 Å². The Morgan fingerprint density at radius 1 is 1.19 bits per heavy atom. The van der Waals surface area contributed by atoms with Crippen molar-refractivity contribution in [2.24, 2.45) is 0 Å². The predicted octanol–water partition coefficient (Wildman–Crippen LogP) is 4.87. The number of hydrogen-bond donors (Lipinski definition) is 1. The highest BCUT2D eigenvalue weighted by Gasteiger charge is 2.30. The molecule has 0 aliphatic carbocycles. The molecule has 0 saturated heterocycles. The number of halogens is 3. The van der Waals surface area contributed by atoms with Gasteiger partial charge in [0.05, 0.1) is 11.3 Å². The predicted molar refractivity (Wildman–Crippen MR) is 93.3 cm³/mol. The van der Waals surface area contributed by atoms with Crippen molar-refractivity contribution < 1.29 is 18.0 Å². The summed E-state index contributed by atoms with van der Waals surface area (Å²) in [6.45, 7) is 3.93. The van der Waals surface area contributed by atoms with E-state index in [4.69, 9.17) is 0 Å². The van der Waals surface area contributed by atoms with Crippen LogP contribution in [0.4, 0.5) is 18.9 Å². The first-order chi connectivity index (χ1) is 12.3. The van der Waals surface area contributed by atoms with Crippen LogP contribution in [-0.2, 0) is 12.6 Å². The van der Waals surface area contributed by atoms with Crippen LogP contribution in [0.1, 0.15) is 40.7 Å². The number of carbonyl (C=O) groups is 1. The fourth-order valence-corrected chi connectivity index (χ4v) is 2.78. The Balaban J connectivity index is 1.93. The molecule has 26 heavy (non-hydrogen) atoms. The van der Waals surface area contributed by atoms with E-state index >= 15 is 0 Å². The quantitative estimate of drug-likeness (QED) is 0.721. The van der Waals surface area contributed by atoms with E-state index in [-0.39, 0.29) is 0 Å². The Bertz CT molecular complexity index is 943. The minimum absolute atomic E-state index is 0.299. The summed E-state index contributed by atoms with van der Waals surface area (Å²) in [6, 6.07) is 8.13. The van der Waals surface area contributed by atoms with Gasteiger partial charge in [-0.1, -0.05) is 13.3 Å². The number of fused-ring (bicyclic) bond motifs is 1. The number of amides is 1. The first-order valence-electron chi connectivity index (χ1n) is 8.26. The van der Waals surface area contributed by atoms with E-state index in [1.165, 1.54) is 12.1 Å². The van der Waals surface area contributed by atoms with Crippen LogP contribution in [0.3, 0.4) is 0 Å². The number of carbonyl (C=O) groups excluding carboxylic acids is 1. The molecule has 2 heterocycles. The van der Waals surface area contributed by atoms with Gasteiger partial charge in [0.1, 0.15) is 11.3 Å². The summed E-state index contributed by atoms with van der Waals surface area (Å²) in [7, 11) is 0. The SMILES string of the molecule is CCCc1nc2cc(C)ccn2c1C(=O)Nc1ccc(C(F)(F)F)cc1. The summed E-state index contributed by atoms with van der Waals surface area (Å²) in [6.07, 6.45) is -1.17. The number of benzene rings is 1. The average Bonchev–Trinajstić information content (AvgIpc) is 2.92. The molecule has 0 radical (unpaired) electrons. The molecule has 3 aromatic rings. The average molecular weight is 361 g/mol. The number of aryl methyl sites for hydroxylation is 2. The van der Waals surface area contributed by atoms with E-state index in [0.29, 0.717) is 29.1 Å². The van der Waals surface area contributed by atoms with E-state index in [9.17, 15) is 18.0 Å². The lowest BCUT2D eigenvalue weighted by atomic mass is 10.2. The Morgan fingerprint density at radius 3 is 2.50 bits per heavy atom. The highest BCUT2D eigenvalue weighted by atomic mass is 19.4. The van der Waals surface area contributed by atoms with Crippen LogP contribution in [-0.4, -0.2) is 15.3 Å². The molecule has 0 aliphatic heterocycles. The van der Waals surface area contributed by atoms with Gasteiger partial charge in [-0.05, 0) is 55.3 Å². The fourth-order valence-electron chi connectivity index (χ4n) is 2.78. The highest BCUT2D eigenvalue weighted by molar-refractivity contribution is 6.04. The van der Waals surface area contributed by atoms with Gasteiger partial charge in [0.2, 0.25) is 0 Å². The number of imidazole rings is 1. The van der Waals surface area contributed by atoms with Crippen molar-refractivity contribution in [2.45, 2.75) is 32.9 Å². The largest absolute Gasteiger partial charge is 0.416 e. The Kier molecular flexibility index (Phi) is 4.71. The molecular weight excluding hydrogens is 343 g/mol. The topological polar surface area (TPSA) is 46.4 Å². The zero-order valence-corrected chi connectivity index (χ0v) is 14.4. The molecule has 0 atom stereocenters. The maximum absolute atomic E-state index is 12.8. The second-order valence-corrected chi connectivity index (χ2v) is 6.12. The third kappa shape index (κ3) is 3.56. The first-order valence-corrected chi connectivity index (χ1v) is 8.26. The summed E-state index contributed by atoms with van der Waals surface area (Å²) in [5.74, 6) is -0.399. The molecule has 0 saturated carbocycles. The van der Waals surface area contributed by atoms with Crippen LogP contribution in [0.2, 0.25) is 0 Å². The van der Waals surface area contributed by atoms with Crippen molar-refractivity contribution in [2.75, 3.05) is 5.32 Å². The molecular formula is C19H18F3N3O. The van der Waals surface area contributed by atoms with Crippen LogP contribution >= 0.6 is 0 Å². The lowest BCUT2D eigenvalue weighted by molar-refractivity contribution is -0.137. The van der Waals surface area contributed by atoms with Crippen molar-refractivity contribution in [1.29, 1.82) is 0 Å². The maximum Gasteiger partial charge on any atom is 0.416 e. The van der Waals surface area contributed by atoms with Gasteiger partial charge in [-0.2, -0.15) is 13.2 Å². The summed E-state index contributed by atoms with van der Waals surface area (Å²) >= 11 is 0. The molecule has 7 heteroatoms. The molecule has 4 nitrogen and oxygen atoms in total. The number of rotatable bonds is 4. The zero-order chi connectivity index (χ0) is 18.9. The molecule has 1 aromatic carbocycles. The van der Waals surface area contributed by atoms with E-state index in [1.807, 2.05) is 26.0 Å². The number of nitrogens with one attached hydrogen (secondary N) is 1. The lowest BCUT2D eigenvalue weighted by Gasteiger charge is -2.09. The van der Waals surface area contributed by atoms with Gasteiger partial charge in [0, 0.05) is 11.9 Å². The normalized spacial score (nSPS) is 11.7. The Hall–Kier alpha value is -2.83. The molecule has 3 rings (SSSR count). The van der Waals surface area contributed by atoms with Crippen LogP contribution < -0.4 is 5.32 Å². The van der Waals surface area contributed by atoms with Crippen molar-refractivity contribution in [1.82, 2.24) is 9.38 Å². The van der Waals surface area contributed by atoms with Gasteiger partial charge in [-0.15, -0.1) is 0 Å². The molecule has 0 aliphatic rings. The van der Waals surface area contributed by atoms with Crippen LogP contribution in [0.5, 0.6) is 0 Å². The summed E-state index contributed by atoms with van der Waals surface area (Å²) in [4.78, 5) is 17.3. The third-order valence-corrected chi connectivity index (χ3v) is 4.03. The highest BCUT2D eigenvalue weighted by Crippen LogP contribution is 2.30. The second-order valence-electron chi connectivity index (χ2n) is 6.12. The smallest absolute Gasteiger partial charge is 0.321 e. The van der Waals surface area contributed by atoms with Gasteiger partial charge in [0.25, 0.3) is 5.91 Å². The third-order valence-electron chi connectivity index (χ3n) is 4.03. The van der Waals surface area contributed by atoms with E-state index in [1.54, 1.807) is 10.6 Å². The van der Waals surface area contributed by atoms with Crippen LogP contribution in [0, 0.1) is 6.92 Å². The number of anilines is 1.